The normalized spacial score (nSPS) is 13.3. The molecule has 0 spiro atoms. The number of aromatic nitrogens is 1. The van der Waals surface area contributed by atoms with E-state index in [-0.39, 0.29) is 11.3 Å². The summed E-state index contributed by atoms with van der Waals surface area (Å²) in [6, 6.07) is 4.43. The molecule has 0 bridgehead atoms. The lowest BCUT2D eigenvalue weighted by Crippen LogP contribution is -2.45. The highest BCUT2D eigenvalue weighted by atomic mass is 35.5. The molecule has 0 saturated heterocycles. The molecule has 1 heterocycles. The maximum absolute atomic E-state index is 11.8. The van der Waals surface area contributed by atoms with Crippen molar-refractivity contribution in [3.05, 3.63) is 23.4 Å². The van der Waals surface area contributed by atoms with E-state index in [4.69, 9.17) is 17.3 Å². The third-order valence-electron chi connectivity index (χ3n) is 2.18. The number of hydrogen-bond donors (Lipinski definition) is 2. The summed E-state index contributed by atoms with van der Waals surface area (Å²) in [5.74, 6) is 0.152. The zero-order chi connectivity index (χ0) is 12.3. The molecular weight excluding hydrogens is 226 g/mol. The number of rotatable bonds is 2. The van der Waals surface area contributed by atoms with Crippen molar-refractivity contribution in [2.75, 3.05) is 5.32 Å². The third-order valence-corrected chi connectivity index (χ3v) is 2.39. The number of halogens is 1. The minimum Gasteiger partial charge on any atom is -0.319 e. The maximum atomic E-state index is 11.8. The van der Waals surface area contributed by atoms with Gasteiger partial charge >= 0.3 is 0 Å². The molecule has 1 atom stereocenters. The summed E-state index contributed by atoms with van der Waals surface area (Å²) in [5, 5.41) is 2.96. The summed E-state index contributed by atoms with van der Waals surface area (Å²) < 4.78 is 0. The highest BCUT2D eigenvalue weighted by Crippen LogP contribution is 2.18. The van der Waals surface area contributed by atoms with Crippen LogP contribution >= 0.6 is 11.6 Å². The second kappa shape index (κ2) is 4.80. The van der Waals surface area contributed by atoms with Gasteiger partial charge in [0, 0.05) is 0 Å². The standard InChI is InChI=1S/C11H16ClN3O/c1-11(2,3)9(13)10(16)15-8-6-4-5-7(12)14-8/h4-6,9H,13H2,1-3H3,(H,14,15,16). The summed E-state index contributed by atoms with van der Waals surface area (Å²) in [6.45, 7) is 5.72. The number of hydrogen-bond acceptors (Lipinski definition) is 3. The fourth-order valence-electron chi connectivity index (χ4n) is 1.08. The van der Waals surface area contributed by atoms with Gasteiger partial charge in [-0.25, -0.2) is 4.98 Å². The van der Waals surface area contributed by atoms with Crippen LogP contribution in [0.4, 0.5) is 5.82 Å². The van der Waals surface area contributed by atoms with Crippen molar-refractivity contribution in [1.82, 2.24) is 4.98 Å². The lowest BCUT2D eigenvalue weighted by atomic mass is 9.87. The lowest BCUT2D eigenvalue weighted by molar-refractivity contribution is -0.119. The second-order valence-corrected chi connectivity index (χ2v) is 5.07. The molecule has 4 nitrogen and oxygen atoms in total. The Morgan fingerprint density at radius 1 is 1.50 bits per heavy atom. The molecule has 16 heavy (non-hydrogen) atoms. The molecule has 0 fully saturated rings. The second-order valence-electron chi connectivity index (χ2n) is 4.68. The summed E-state index contributed by atoms with van der Waals surface area (Å²) in [4.78, 5) is 15.7. The monoisotopic (exact) mass is 241 g/mol. The van der Waals surface area contributed by atoms with Crippen LogP contribution in [-0.2, 0) is 4.79 Å². The highest BCUT2D eigenvalue weighted by Gasteiger charge is 2.27. The van der Waals surface area contributed by atoms with Gasteiger partial charge in [-0.3, -0.25) is 4.79 Å². The van der Waals surface area contributed by atoms with Gasteiger partial charge in [-0.05, 0) is 17.5 Å². The first kappa shape index (κ1) is 12.9. The minimum absolute atomic E-state index is 0.262. The van der Waals surface area contributed by atoms with Crippen LogP contribution in [0.1, 0.15) is 20.8 Å². The van der Waals surface area contributed by atoms with Crippen molar-refractivity contribution >= 4 is 23.3 Å². The average Bonchev–Trinajstić information content (AvgIpc) is 2.15. The van der Waals surface area contributed by atoms with Gasteiger partial charge in [0.05, 0.1) is 6.04 Å². The van der Waals surface area contributed by atoms with Crippen molar-refractivity contribution in [3.63, 3.8) is 0 Å². The molecule has 1 rings (SSSR count). The quantitative estimate of drug-likeness (QED) is 0.779. The number of nitrogens with zero attached hydrogens (tertiary/aromatic N) is 1. The minimum atomic E-state index is -0.590. The molecule has 88 valence electrons. The molecule has 0 aliphatic carbocycles. The molecule has 3 N–H and O–H groups in total. The van der Waals surface area contributed by atoms with E-state index in [0.717, 1.165) is 0 Å². The number of amides is 1. The zero-order valence-corrected chi connectivity index (χ0v) is 10.4. The Labute approximate surface area is 100 Å². The van der Waals surface area contributed by atoms with Crippen LogP contribution in [0.2, 0.25) is 5.15 Å². The number of nitrogens with two attached hydrogens (primary N) is 1. The van der Waals surface area contributed by atoms with Crippen molar-refractivity contribution in [1.29, 1.82) is 0 Å². The summed E-state index contributed by atoms with van der Waals surface area (Å²) in [5.41, 5.74) is 5.52. The first-order chi connectivity index (χ1) is 7.30. The van der Waals surface area contributed by atoms with E-state index in [1.165, 1.54) is 0 Å². The van der Waals surface area contributed by atoms with Crippen LogP contribution in [-0.4, -0.2) is 16.9 Å². The predicted molar refractivity (Wildman–Crippen MR) is 65.3 cm³/mol. The van der Waals surface area contributed by atoms with E-state index in [9.17, 15) is 4.79 Å². The van der Waals surface area contributed by atoms with E-state index >= 15 is 0 Å². The summed E-state index contributed by atoms with van der Waals surface area (Å²) in [6.07, 6.45) is 0. The van der Waals surface area contributed by atoms with Crippen LogP contribution in [0.15, 0.2) is 18.2 Å². The van der Waals surface area contributed by atoms with E-state index in [1.54, 1.807) is 18.2 Å². The van der Waals surface area contributed by atoms with Crippen molar-refractivity contribution in [3.8, 4) is 0 Å². The smallest absolute Gasteiger partial charge is 0.242 e. The van der Waals surface area contributed by atoms with Crippen LogP contribution in [0, 0.1) is 5.41 Å². The van der Waals surface area contributed by atoms with Crippen LogP contribution in [0.3, 0.4) is 0 Å². The molecule has 5 heteroatoms. The fraction of sp³-hybridized carbons (Fsp3) is 0.455. The Morgan fingerprint density at radius 2 is 2.12 bits per heavy atom. The van der Waals surface area contributed by atoms with Crippen LogP contribution in [0.5, 0.6) is 0 Å². The van der Waals surface area contributed by atoms with Gasteiger partial charge in [-0.1, -0.05) is 38.4 Å². The molecule has 0 radical (unpaired) electrons. The number of carbonyl (C=O) groups is 1. The Hall–Kier alpha value is -1.13. The van der Waals surface area contributed by atoms with E-state index in [2.05, 4.69) is 10.3 Å². The number of nitrogens with one attached hydrogen (secondary N) is 1. The predicted octanol–water partition coefficient (Wildman–Crippen LogP) is 2.05. The van der Waals surface area contributed by atoms with Gasteiger partial charge in [0.25, 0.3) is 0 Å². The molecular formula is C11H16ClN3O. The summed E-state index contributed by atoms with van der Waals surface area (Å²) >= 11 is 5.70. The Kier molecular flexibility index (Phi) is 3.88. The molecule has 0 saturated carbocycles. The van der Waals surface area contributed by atoms with E-state index in [0.29, 0.717) is 11.0 Å². The topological polar surface area (TPSA) is 68.0 Å². The fourth-order valence-corrected chi connectivity index (χ4v) is 1.24. The van der Waals surface area contributed by atoms with E-state index < -0.39 is 6.04 Å². The van der Waals surface area contributed by atoms with E-state index in [1.807, 2.05) is 20.8 Å². The van der Waals surface area contributed by atoms with Gasteiger partial charge in [-0.2, -0.15) is 0 Å². The third kappa shape index (κ3) is 3.47. The summed E-state index contributed by atoms with van der Waals surface area (Å²) in [7, 11) is 0. The molecule has 0 aliphatic heterocycles. The van der Waals surface area contributed by atoms with Crippen molar-refractivity contribution < 1.29 is 4.79 Å². The van der Waals surface area contributed by atoms with Crippen LogP contribution in [0.25, 0.3) is 0 Å². The number of pyridine rings is 1. The van der Waals surface area contributed by atoms with Gasteiger partial charge in [0.2, 0.25) is 5.91 Å². The van der Waals surface area contributed by atoms with Gasteiger partial charge in [0.15, 0.2) is 0 Å². The molecule has 1 aromatic rings. The van der Waals surface area contributed by atoms with Crippen LogP contribution < -0.4 is 11.1 Å². The number of carbonyl (C=O) groups excluding carboxylic acids is 1. The van der Waals surface area contributed by atoms with Gasteiger partial charge < -0.3 is 11.1 Å². The Balaban J connectivity index is 2.72. The zero-order valence-electron chi connectivity index (χ0n) is 9.62. The number of anilines is 1. The Bertz CT molecular complexity index is 387. The highest BCUT2D eigenvalue weighted by molar-refractivity contribution is 6.29. The largest absolute Gasteiger partial charge is 0.319 e. The van der Waals surface area contributed by atoms with Gasteiger partial charge in [0.1, 0.15) is 11.0 Å². The first-order valence-corrected chi connectivity index (χ1v) is 5.37. The van der Waals surface area contributed by atoms with Crippen molar-refractivity contribution in [2.24, 2.45) is 11.1 Å². The molecule has 0 aliphatic rings. The van der Waals surface area contributed by atoms with Gasteiger partial charge in [-0.15, -0.1) is 0 Å². The van der Waals surface area contributed by atoms with Crippen molar-refractivity contribution in [2.45, 2.75) is 26.8 Å². The lowest BCUT2D eigenvalue weighted by Gasteiger charge is -2.25. The SMILES string of the molecule is CC(C)(C)C(N)C(=O)Nc1cccc(Cl)n1. The Morgan fingerprint density at radius 3 is 2.62 bits per heavy atom. The molecule has 1 unspecified atom stereocenters. The molecule has 1 aromatic heterocycles. The average molecular weight is 242 g/mol. The first-order valence-electron chi connectivity index (χ1n) is 5.00. The maximum Gasteiger partial charge on any atom is 0.242 e. The molecule has 1 amide bonds. The molecule has 0 aromatic carbocycles.